The van der Waals surface area contributed by atoms with Crippen LogP contribution in [0.2, 0.25) is 0 Å². The minimum atomic E-state index is -2.84. The predicted molar refractivity (Wildman–Crippen MR) is 70.0 cm³/mol. The largest absolute Gasteiger partial charge is 0.368 e. The molecule has 1 unspecified atom stereocenters. The Balaban J connectivity index is 2.38. The van der Waals surface area contributed by atoms with Crippen LogP contribution in [0.1, 0.15) is 40.5 Å². The molecule has 102 valence electrons. The van der Waals surface area contributed by atoms with Gasteiger partial charge in [0.2, 0.25) is 0 Å². The van der Waals surface area contributed by atoms with Gasteiger partial charge < -0.3 is 10.1 Å². The molecule has 1 aliphatic heterocycles. The van der Waals surface area contributed by atoms with Crippen molar-refractivity contribution >= 4 is 9.84 Å². The van der Waals surface area contributed by atoms with Crippen LogP contribution in [-0.4, -0.2) is 44.2 Å². The Hall–Kier alpha value is -0.130. The van der Waals surface area contributed by atoms with E-state index in [1.807, 2.05) is 0 Å². The van der Waals surface area contributed by atoms with Crippen molar-refractivity contribution in [3.8, 4) is 0 Å². The summed E-state index contributed by atoms with van der Waals surface area (Å²) in [6, 6.07) is 0.289. The second-order valence-corrected chi connectivity index (χ2v) is 8.42. The zero-order valence-electron chi connectivity index (χ0n) is 11.5. The van der Waals surface area contributed by atoms with Gasteiger partial charge in [0, 0.05) is 12.3 Å². The monoisotopic (exact) mass is 263 g/mol. The predicted octanol–water partition coefficient (Wildman–Crippen LogP) is 1.36. The number of sulfone groups is 1. The van der Waals surface area contributed by atoms with Gasteiger partial charge in [-0.3, -0.25) is 0 Å². The molecule has 17 heavy (non-hydrogen) atoms. The fourth-order valence-electron chi connectivity index (χ4n) is 2.49. The molecule has 1 fully saturated rings. The van der Waals surface area contributed by atoms with Crippen LogP contribution < -0.4 is 5.32 Å². The van der Waals surface area contributed by atoms with Crippen LogP contribution in [0.3, 0.4) is 0 Å². The van der Waals surface area contributed by atoms with Gasteiger partial charge in [-0.1, -0.05) is 0 Å². The molecule has 4 nitrogen and oxygen atoms in total. The second-order valence-electron chi connectivity index (χ2n) is 6.16. The first-order valence-corrected chi connectivity index (χ1v) is 8.19. The minimum absolute atomic E-state index is 0.0992. The number of nitrogens with one attached hydrogen (secondary N) is 1. The molecule has 1 heterocycles. The minimum Gasteiger partial charge on any atom is -0.368 e. The molecule has 0 spiro atoms. The molecule has 0 radical (unpaired) electrons. The summed E-state index contributed by atoms with van der Waals surface area (Å²) in [4.78, 5) is 0. The van der Waals surface area contributed by atoms with Crippen molar-refractivity contribution in [3.63, 3.8) is 0 Å². The Kier molecular flexibility index (Phi) is 4.27. The Morgan fingerprint density at radius 2 is 1.88 bits per heavy atom. The van der Waals surface area contributed by atoms with Gasteiger partial charge in [-0.25, -0.2) is 8.42 Å². The number of hydrogen-bond acceptors (Lipinski definition) is 4. The Bertz CT molecular complexity index is 360. The van der Waals surface area contributed by atoms with Gasteiger partial charge in [0.05, 0.1) is 17.0 Å². The van der Waals surface area contributed by atoms with Crippen LogP contribution in [0.5, 0.6) is 0 Å². The molecule has 1 atom stereocenters. The van der Waals surface area contributed by atoms with E-state index in [-0.39, 0.29) is 23.0 Å². The highest BCUT2D eigenvalue weighted by Gasteiger charge is 2.45. The molecule has 0 aromatic heterocycles. The smallest absolute Gasteiger partial charge is 0.147 e. The van der Waals surface area contributed by atoms with E-state index >= 15 is 0 Å². The first-order chi connectivity index (χ1) is 7.52. The fraction of sp³-hybridized carbons (Fsp3) is 1.00. The lowest BCUT2D eigenvalue weighted by Crippen LogP contribution is -2.43. The quantitative estimate of drug-likeness (QED) is 0.761. The van der Waals surface area contributed by atoms with Crippen LogP contribution in [-0.2, 0) is 14.6 Å². The zero-order valence-corrected chi connectivity index (χ0v) is 12.4. The first kappa shape index (κ1) is 14.9. The van der Waals surface area contributed by atoms with Gasteiger partial charge in [0.1, 0.15) is 9.84 Å². The van der Waals surface area contributed by atoms with Crippen molar-refractivity contribution in [2.24, 2.45) is 0 Å². The van der Waals surface area contributed by atoms with E-state index in [1.54, 1.807) is 0 Å². The molecule has 0 aromatic carbocycles. The van der Waals surface area contributed by atoms with Gasteiger partial charge in [-0.15, -0.1) is 0 Å². The molecule has 1 aliphatic rings. The first-order valence-electron chi connectivity index (χ1n) is 6.13. The molecule has 0 aromatic rings. The summed E-state index contributed by atoms with van der Waals surface area (Å²) >= 11 is 0. The third-order valence-corrected chi connectivity index (χ3v) is 4.19. The average Bonchev–Trinajstić information content (AvgIpc) is 2.26. The van der Waals surface area contributed by atoms with Crippen molar-refractivity contribution in [2.45, 2.75) is 57.8 Å². The Labute approximate surface area is 105 Å². The summed E-state index contributed by atoms with van der Waals surface area (Å²) in [7, 11) is -2.84. The van der Waals surface area contributed by atoms with E-state index in [1.165, 1.54) is 6.26 Å². The fourth-order valence-corrected chi connectivity index (χ4v) is 3.16. The lowest BCUT2D eigenvalue weighted by Gasteiger charge is -2.27. The molecule has 0 amide bonds. The van der Waals surface area contributed by atoms with Crippen LogP contribution in [0, 0.1) is 0 Å². The van der Waals surface area contributed by atoms with Crippen LogP contribution in [0.4, 0.5) is 0 Å². The Morgan fingerprint density at radius 3 is 2.29 bits per heavy atom. The van der Waals surface area contributed by atoms with Crippen molar-refractivity contribution in [2.75, 3.05) is 18.6 Å². The number of ether oxygens (including phenoxy) is 1. The van der Waals surface area contributed by atoms with E-state index in [2.05, 4.69) is 33.0 Å². The third-order valence-electron chi connectivity index (χ3n) is 3.16. The number of hydrogen-bond donors (Lipinski definition) is 1. The van der Waals surface area contributed by atoms with Gasteiger partial charge in [0.15, 0.2) is 0 Å². The average molecular weight is 263 g/mol. The van der Waals surface area contributed by atoms with Crippen molar-refractivity contribution in [1.82, 2.24) is 5.32 Å². The van der Waals surface area contributed by atoms with Gasteiger partial charge in [-0.2, -0.15) is 0 Å². The molecule has 1 saturated heterocycles. The molecule has 1 N–H and O–H groups in total. The summed E-state index contributed by atoms with van der Waals surface area (Å²) in [6.07, 6.45) is 2.89. The van der Waals surface area contributed by atoms with E-state index in [0.717, 1.165) is 13.0 Å². The maximum absolute atomic E-state index is 11.0. The van der Waals surface area contributed by atoms with Gasteiger partial charge in [0.25, 0.3) is 0 Å². The van der Waals surface area contributed by atoms with E-state index < -0.39 is 9.84 Å². The molecular weight excluding hydrogens is 238 g/mol. The second kappa shape index (κ2) is 4.86. The van der Waals surface area contributed by atoms with E-state index in [0.29, 0.717) is 6.42 Å². The Morgan fingerprint density at radius 1 is 1.29 bits per heavy atom. The maximum atomic E-state index is 11.0. The van der Waals surface area contributed by atoms with Crippen molar-refractivity contribution in [3.05, 3.63) is 0 Å². The molecule has 1 rings (SSSR count). The summed E-state index contributed by atoms with van der Waals surface area (Å²) < 4.78 is 28.0. The molecule has 5 heteroatoms. The zero-order chi connectivity index (χ0) is 13.3. The van der Waals surface area contributed by atoms with Gasteiger partial charge >= 0.3 is 0 Å². The van der Waals surface area contributed by atoms with Gasteiger partial charge in [-0.05, 0) is 47.1 Å². The normalized spacial score (nSPS) is 27.2. The summed E-state index contributed by atoms with van der Waals surface area (Å²) in [5.41, 5.74) is -0.285. The molecule has 0 saturated carbocycles. The van der Waals surface area contributed by atoms with Crippen LogP contribution in [0.25, 0.3) is 0 Å². The van der Waals surface area contributed by atoms with Crippen LogP contribution >= 0.6 is 0 Å². The lowest BCUT2D eigenvalue weighted by atomic mass is 9.94. The highest BCUT2D eigenvalue weighted by atomic mass is 32.2. The third kappa shape index (κ3) is 4.94. The topological polar surface area (TPSA) is 55.4 Å². The standard InChI is InChI=1S/C12H25NO3S/c1-11(2)9-10(12(3,4)16-11)13-7-6-8-17(5,14)15/h10,13H,6-9H2,1-5H3. The van der Waals surface area contributed by atoms with Crippen molar-refractivity contribution < 1.29 is 13.2 Å². The summed E-state index contributed by atoms with van der Waals surface area (Å²) in [5, 5.41) is 3.41. The molecule has 0 bridgehead atoms. The highest BCUT2D eigenvalue weighted by molar-refractivity contribution is 7.90. The van der Waals surface area contributed by atoms with E-state index in [4.69, 9.17) is 4.74 Å². The SMILES string of the molecule is CC1(C)CC(NCCCS(C)(=O)=O)C(C)(C)O1. The van der Waals surface area contributed by atoms with Crippen LogP contribution in [0.15, 0.2) is 0 Å². The molecular formula is C12H25NO3S. The van der Waals surface area contributed by atoms with Crippen molar-refractivity contribution in [1.29, 1.82) is 0 Å². The highest BCUT2D eigenvalue weighted by Crippen LogP contribution is 2.37. The van der Waals surface area contributed by atoms with E-state index in [9.17, 15) is 8.42 Å². The molecule has 0 aliphatic carbocycles. The number of rotatable bonds is 5. The lowest BCUT2D eigenvalue weighted by molar-refractivity contribution is -0.0697. The maximum Gasteiger partial charge on any atom is 0.147 e. The summed E-state index contributed by atoms with van der Waals surface area (Å²) in [6.45, 7) is 9.06. The summed E-state index contributed by atoms with van der Waals surface area (Å²) in [5.74, 6) is 0.247.